The minimum atomic E-state index is -1.56. The first-order valence-electron chi connectivity index (χ1n) is 10.0. The number of carboxylic acids is 1. The highest BCUT2D eigenvalue weighted by molar-refractivity contribution is 5.94. The molecule has 1 saturated heterocycles. The lowest BCUT2D eigenvalue weighted by molar-refractivity contribution is 0.0695. The predicted molar refractivity (Wildman–Crippen MR) is 115 cm³/mol. The number of piperidine rings is 1. The fraction of sp³-hybridized carbons (Fsp3) is 0.273. The average molecular weight is 446 g/mol. The molecule has 1 unspecified atom stereocenters. The first-order chi connectivity index (χ1) is 15.2. The maximum Gasteiger partial charge on any atom is 0.341 e. The van der Waals surface area contributed by atoms with Crippen molar-refractivity contribution in [2.24, 2.45) is 0 Å². The van der Waals surface area contributed by atoms with Crippen molar-refractivity contribution in [1.82, 2.24) is 9.88 Å². The van der Waals surface area contributed by atoms with E-state index in [4.69, 9.17) is 5.73 Å². The van der Waals surface area contributed by atoms with Crippen LogP contribution in [0.4, 0.5) is 24.5 Å². The van der Waals surface area contributed by atoms with E-state index in [1.165, 1.54) is 6.07 Å². The molecule has 0 amide bonds. The van der Waals surface area contributed by atoms with Crippen LogP contribution in [0.3, 0.4) is 0 Å². The third kappa shape index (κ3) is 3.66. The molecule has 4 rings (SSSR count). The molecular weight excluding hydrogens is 425 g/mol. The van der Waals surface area contributed by atoms with Crippen molar-refractivity contribution in [3.8, 4) is 5.69 Å². The number of fused-ring (bicyclic) bond motifs is 1. The molecule has 168 valence electrons. The second-order valence-electron chi connectivity index (χ2n) is 7.77. The van der Waals surface area contributed by atoms with E-state index in [2.05, 4.69) is 5.32 Å². The number of nitrogens with two attached hydrogens (primary N) is 1. The second kappa shape index (κ2) is 8.19. The number of nitrogen functional groups attached to an aromatic ring is 1. The van der Waals surface area contributed by atoms with Crippen molar-refractivity contribution in [2.45, 2.75) is 18.9 Å². The largest absolute Gasteiger partial charge is 0.477 e. The van der Waals surface area contributed by atoms with Crippen molar-refractivity contribution in [1.29, 1.82) is 0 Å². The Labute approximate surface area is 180 Å². The van der Waals surface area contributed by atoms with Gasteiger partial charge in [-0.2, -0.15) is 0 Å². The summed E-state index contributed by atoms with van der Waals surface area (Å²) in [5.41, 5.74) is 3.66. The summed E-state index contributed by atoms with van der Waals surface area (Å²) < 4.78 is 44.6. The van der Waals surface area contributed by atoms with Crippen LogP contribution in [0.2, 0.25) is 0 Å². The maximum absolute atomic E-state index is 15.1. The number of likely N-dealkylation sites (N-methyl/N-ethyl adjacent to an activating group) is 1. The lowest BCUT2D eigenvalue weighted by atomic mass is 10.0. The van der Waals surface area contributed by atoms with E-state index in [1.54, 1.807) is 0 Å². The summed E-state index contributed by atoms with van der Waals surface area (Å²) in [6, 6.07) is 4.06. The minimum absolute atomic E-state index is 0.0767. The van der Waals surface area contributed by atoms with Gasteiger partial charge >= 0.3 is 5.97 Å². The van der Waals surface area contributed by atoms with Gasteiger partial charge < -0.3 is 25.6 Å². The highest BCUT2D eigenvalue weighted by Gasteiger charge is 2.24. The maximum atomic E-state index is 15.1. The van der Waals surface area contributed by atoms with Crippen LogP contribution in [0, 0.1) is 17.5 Å². The number of benzene rings is 2. The molecule has 0 aliphatic carbocycles. The second-order valence-corrected chi connectivity index (χ2v) is 7.77. The Morgan fingerprint density at radius 2 is 1.84 bits per heavy atom. The molecule has 32 heavy (non-hydrogen) atoms. The molecule has 1 fully saturated rings. The Hall–Kier alpha value is -3.53. The normalized spacial score (nSPS) is 16.5. The standard InChI is InChI=1S/C22H21F3N4O3/c1-27-11-3-2-4-28(9-11)19-8-18-12(5-15(19)24)21(30)13(22(31)32)10-29(18)20-7-17(26)14(23)6-16(20)25/h5-8,10-11,27H,2-4,9,26H2,1H3,(H,31,32). The molecule has 1 aliphatic rings. The Kier molecular flexibility index (Phi) is 5.55. The minimum Gasteiger partial charge on any atom is -0.477 e. The Morgan fingerprint density at radius 3 is 2.53 bits per heavy atom. The number of hydrogen-bond acceptors (Lipinski definition) is 5. The molecule has 1 aromatic heterocycles. The molecular formula is C22H21F3N4O3. The summed E-state index contributed by atoms with van der Waals surface area (Å²) >= 11 is 0. The first kappa shape index (κ1) is 21.7. The Morgan fingerprint density at radius 1 is 1.12 bits per heavy atom. The van der Waals surface area contributed by atoms with Gasteiger partial charge in [0, 0.05) is 36.8 Å². The van der Waals surface area contributed by atoms with Gasteiger partial charge in [0.05, 0.1) is 22.6 Å². The van der Waals surface area contributed by atoms with E-state index < -0.39 is 34.4 Å². The lowest BCUT2D eigenvalue weighted by Gasteiger charge is -2.34. The molecule has 1 atom stereocenters. The van der Waals surface area contributed by atoms with Crippen molar-refractivity contribution in [2.75, 3.05) is 30.8 Å². The van der Waals surface area contributed by atoms with Gasteiger partial charge in [0.15, 0.2) is 0 Å². The van der Waals surface area contributed by atoms with E-state index >= 15 is 4.39 Å². The number of aromatic nitrogens is 1. The number of pyridine rings is 1. The Bertz CT molecular complexity index is 1290. The van der Waals surface area contributed by atoms with Crippen LogP contribution in [-0.4, -0.2) is 41.8 Å². The van der Waals surface area contributed by atoms with Gasteiger partial charge in [-0.05, 0) is 38.1 Å². The SMILES string of the molecule is CNC1CCCN(c2cc3c(cc2F)c(=O)c(C(=O)O)cn3-c2cc(N)c(F)cc2F)C1. The van der Waals surface area contributed by atoms with E-state index in [-0.39, 0.29) is 34.0 Å². The number of hydrogen-bond donors (Lipinski definition) is 3. The zero-order valence-electron chi connectivity index (χ0n) is 17.2. The molecule has 10 heteroatoms. The Balaban J connectivity index is 2.02. The van der Waals surface area contributed by atoms with Gasteiger partial charge in [-0.25, -0.2) is 18.0 Å². The summed E-state index contributed by atoms with van der Waals surface area (Å²) in [7, 11) is 1.82. The molecule has 1 aliphatic heterocycles. The van der Waals surface area contributed by atoms with E-state index in [1.807, 2.05) is 11.9 Å². The summed E-state index contributed by atoms with van der Waals surface area (Å²) in [5.74, 6) is -4.25. The molecule has 4 N–H and O–H groups in total. The molecule has 7 nitrogen and oxygen atoms in total. The summed E-state index contributed by atoms with van der Waals surface area (Å²) in [4.78, 5) is 26.2. The highest BCUT2D eigenvalue weighted by Crippen LogP contribution is 2.30. The number of anilines is 2. The van der Waals surface area contributed by atoms with Gasteiger partial charge in [-0.15, -0.1) is 0 Å². The zero-order chi connectivity index (χ0) is 23.2. The average Bonchev–Trinajstić information content (AvgIpc) is 2.76. The first-order valence-corrected chi connectivity index (χ1v) is 10.0. The van der Waals surface area contributed by atoms with Gasteiger partial charge in [0.25, 0.3) is 0 Å². The van der Waals surface area contributed by atoms with Gasteiger partial charge in [0.1, 0.15) is 23.0 Å². The predicted octanol–water partition coefficient (Wildman–Crippen LogP) is 2.88. The topological polar surface area (TPSA) is 101 Å². The smallest absolute Gasteiger partial charge is 0.341 e. The number of carboxylic acid groups (broad SMARTS) is 1. The summed E-state index contributed by atoms with van der Waals surface area (Å²) in [5, 5.41) is 12.4. The number of halogens is 3. The molecule has 0 radical (unpaired) electrons. The quantitative estimate of drug-likeness (QED) is 0.533. The number of rotatable bonds is 4. The van der Waals surface area contributed by atoms with Gasteiger partial charge in [-0.1, -0.05) is 0 Å². The van der Waals surface area contributed by atoms with Crippen LogP contribution in [0.5, 0.6) is 0 Å². The van der Waals surface area contributed by atoms with Crippen molar-refractivity contribution >= 4 is 28.2 Å². The van der Waals surface area contributed by atoms with Crippen LogP contribution in [0.25, 0.3) is 16.6 Å². The number of aromatic carboxylic acids is 1. The third-order valence-corrected chi connectivity index (χ3v) is 5.80. The molecule has 0 bridgehead atoms. The molecule has 0 spiro atoms. The lowest BCUT2D eigenvalue weighted by Crippen LogP contribution is -2.44. The van der Waals surface area contributed by atoms with E-state index in [0.717, 1.165) is 35.7 Å². The molecule has 0 saturated carbocycles. The van der Waals surface area contributed by atoms with Crippen LogP contribution >= 0.6 is 0 Å². The monoisotopic (exact) mass is 446 g/mol. The molecule has 2 aromatic carbocycles. The molecule has 3 aromatic rings. The summed E-state index contributed by atoms with van der Waals surface area (Å²) in [6.07, 6.45) is 2.68. The number of carbonyl (C=O) groups is 1. The fourth-order valence-electron chi connectivity index (χ4n) is 4.10. The third-order valence-electron chi connectivity index (χ3n) is 5.80. The fourth-order valence-corrected chi connectivity index (χ4v) is 4.10. The van der Waals surface area contributed by atoms with Crippen LogP contribution in [-0.2, 0) is 0 Å². The summed E-state index contributed by atoms with van der Waals surface area (Å²) in [6.45, 7) is 1.10. The number of nitrogens with one attached hydrogen (secondary N) is 1. The van der Waals surface area contributed by atoms with Gasteiger partial charge in [-0.3, -0.25) is 4.79 Å². The van der Waals surface area contributed by atoms with Crippen LogP contribution in [0.15, 0.2) is 35.3 Å². The highest BCUT2D eigenvalue weighted by atomic mass is 19.1. The van der Waals surface area contributed by atoms with E-state index in [0.29, 0.717) is 19.2 Å². The number of nitrogens with zero attached hydrogens (tertiary/aromatic N) is 2. The van der Waals surface area contributed by atoms with Crippen molar-refractivity contribution < 1.29 is 23.1 Å². The van der Waals surface area contributed by atoms with E-state index in [9.17, 15) is 23.5 Å². The van der Waals surface area contributed by atoms with Crippen LogP contribution in [0.1, 0.15) is 23.2 Å². The van der Waals surface area contributed by atoms with Crippen molar-refractivity contribution in [3.05, 3.63) is 63.7 Å². The van der Waals surface area contributed by atoms with Crippen molar-refractivity contribution in [3.63, 3.8) is 0 Å². The van der Waals surface area contributed by atoms with Gasteiger partial charge in [0.2, 0.25) is 5.43 Å². The zero-order valence-corrected chi connectivity index (χ0v) is 17.2. The van der Waals surface area contributed by atoms with Crippen LogP contribution < -0.4 is 21.4 Å². The molecule has 2 heterocycles.